The summed E-state index contributed by atoms with van der Waals surface area (Å²) in [4.78, 5) is 40.2. The lowest BCUT2D eigenvalue weighted by molar-refractivity contribution is -0.159. The molecule has 0 radical (unpaired) electrons. The molecule has 4 rings (SSSR count). The smallest absolute Gasteiger partial charge is 0.389 e. The maximum atomic E-state index is 13.3. The number of alkyl halides is 6. The fourth-order valence-corrected chi connectivity index (χ4v) is 5.30. The number of rotatable bonds is 10. The van der Waals surface area contributed by atoms with Crippen LogP contribution in [0.3, 0.4) is 0 Å². The Hall–Kier alpha value is -3.48. The quantitative estimate of drug-likeness (QED) is 0.254. The maximum Gasteiger partial charge on any atom is 0.389 e. The van der Waals surface area contributed by atoms with Crippen LogP contribution in [-0.2, 0) is 14.4 Å². The molecule has 0 bridgehead atoms. The van der Waals surface area contributed by atoms with Crippen molar-refractivity contribution in [3.63, 3.8) is 0 Å². The minimum absolute atomic E-state index is 0.178. The number of halogens is 7. The summed E-state index contributed by atoms with van der Waals surface area (Å²) < 4.78 is 77.9. The Labute approximate surface area is 242 Å². The molecule has 0 saturated heterocycles. The van der Waals surface area contributed by atoms with Crippen LogP contribution in [0.15, 0.2) is 42.5 Å². The molecule has 1 heterocycles. The highest BCUT2D eigenvalue weighted by atomic mass is 35.5. The summed E-state index contributed by atoms with van der Waals surface area (Å²) in [5, 5.41) is 14.7. The van der Waals surface area contributed by atoms with Crippen LogP contribution in [0.1, 0.15) is 50.0 Å². The number of amides is 2. The van der Waals surface area contributed by atoms with E-state index in [1.807, 2.05) is 18.2 Å². The Kier molecular flexibility index (Phi) is 9.29. The monoisotopic (exact) mass is 619 g/mol. The molecule has 2 aromatic carbocycles. The first kappa shape index (κ1) is 31.5. The minimum Gasteiger partial charge on any atom is -0.481 e. The maximum absolute atomic E-state index is 13.3. The van der Waals surface area contributed by atoms with E-state index in [1.54, 1.807) is 23.1 Å². The largest absolute Gasteiger partial charge is 0.481 e. The van der Waals surface area contributed by atoms with Crippen LogP contribution >= 0.6 is 11.6 Å². The number of hydrogen-bond acceptors (Lipinski definition) is 4. The van der Waals surface area contributed by atoms with E-state index in [4.69, 9.17) is 11.6 Å². The SMILES string of the molecule is O=C1Nc2c(Cl)cccc2N(c2cccc(C3CC3)c2)CC1NC(=O)C(CCC(F)(F)F)C(CCC(F)(F)F)C(=O)O. The molecule has 3 N–H and O–H groups in total. The van der Waals surface area contributed by atoms with Gasteiger partial charge in [-0.15, -0.1) is 0 Å². The van der Waals surface area contributed by atoms with E-state index in [9.17, 15) is 45.8 Å². The first-order valence-corrected chi connectivity index (χ1v) is 13.6. The highest BCUT2D eigenvalue weighted by molar-refractivity contribution is 6.34. The number of hydrogen-bond donors (Lipinski definition) is 3. The third-order valence-corrected chi connectivity index (χ3v) is 7.69. The van der Waals surface area contributed by atoms with Crippen molar-refractivity contribution in [1.82, 2.24) is 5.32 Å². The molecule has 42 heavy (non-hydrogen) atoms. The van der Waals surface area contributed by atoms with E-state index in [0.717, 1.165) is 18.4 Å². The molecular weight excluding hydrogens is 592 g/mol. The van der Waals surface area contributed by atoms with Crippen LogP contribution in [0.25, 0.3) is 0 Å². The van der Waals surface area contributed by atoms with Crippen LogP contribution in [0.4, 0.5) is 43.4 Å². The lowest BCUT2D eigenvalue weighted by Crippen LogP contribution is -2.51. The molecule has 0 spiro atoms. The van der Waals surface area contributed by atoms with E-state index in [2.05, 4.69) is 10.6 Å². The molecule has 228 valence electrons. The summed E-state index contributed by atoms with van der Waals surface area (Å²) in [6.45, 7) is -0.217. The van der Waals surface area contributed by atoms with Crippen molar-refractivity contribution in [2.24, 2.45) is 11.8 Å². The van der Waals surface area contributed by atoms with Gasteiger partial charge in [-0.05, 0) is 61.4 Å². The summed E-state index contributed by atoms with van der Waals surface area (Å²) >= 11 is 6.37. The lowest BCUT2D eigenvalue weighted by Gasteiger charge is -2.29. The van der Waals surface area contributed by atoms with Crippen LogP contribution in [0, 0.1) is 11.8 Å². The summed E-state index contributed by atoms with van der Waals surface area (Å²) in [5.41, 5.74) is 2.39. The minimum atomic E-state index is -4.80. The Morgan fingerprint density at radius 2 is 1.62 bits per heavy atom. The van der Waals surface area contributed by atoms with Gasteiger partial charge in [0.2, 0.25) is 11.8 Å². The van der Waals surface area contributed by atoms with Crippen LogP contribution in [0.2, 0.25) is 5.02 Å². The van der Waals surface area contributed by atoms with Gasteiger partial charge in [-0.1, -0.05) is 29.8 Å². The molecule has 3 atom stereocenters. The number of nitrogens with zero attached hydrogens (tertiary/aromatic N) is 1. The third kappa shape index (κ3) is 8.08. The fourth-order valence-electron chi connectivity index (χ4n) is 5.08. The molecular formula is C28H28ClF6N3O4. The van der Waals surface area contributed by atoms with E-state index in [0.29, 0.717) is 17.3 Å². The van der Waals surface area contributed by atoms with Crippen molar-refractivity contribution in [2.45, 2.75) is 62.8 Å². The van der Waals surface area contributed by atoms with Gasteiger partial charge in [-0.2, -0.15) is 26.3 Å². The number of aliphatic carboxylic acids is 1. The number of benzene rings is 2. The second-order valence-corrected chi connectivity index (χ2v) is 10.9. The highest BCUT2D eigenvalue weighted by Crippen LogP contribution is 2.43. The zero-order valence-electron chi connectivity index (χ0n) is 22.1. The van der Waals surface area contributed by atoms with Crippen LogP contribution in [-0.4, -0.2) is 47.8 Å². The van der Waals surface area contributed by atoms with Crippen LogP contribution < -0.4 is 15.5 Å². The molecule has 2 amide bonds. The molecule has 2 aliphatic rings. The van der Waals surface area contributed by atoms with Crippen molar-refractivity contribution < 1.29 is 45.8 Å². The molecule has 2 aromatic rings. The third-order valence-electron chi connectivity index (χ3n) is 7.38. The Morgan fingerprint density at radius 3 is 2.21 bits per heavy atom. The molecule has 1 fully saturated rings. The molecule has 0 aromatic heterocycles. The van der Waals surface area contributed by atoms with Gasteiger partial charge in [0.1, 0.15) is 6.04 Å². The summed E-state index contributed by atoms with van der Waals surface area (Å²) in [7, 11) is 0. The van der Waals surface area contributed by atoms with Gasteiger partial charge in [0.25, 0.3) is 0 Å². The first-order chi connectivity index (χ1) is 19.6. The number of para-hydroxylation sites is 1. The predicted molar refractivity (Wildman–Crippen MR) is 143 cm³/mol. The number of carboxylic acids is 1. The van der Waals surface area contributed by atoms with Crippen LogP contribution in [0.5, 0.6) is 0 Å². The first-order valence-electron chi connectivity index (χ1n) is 13.3. The van der Waals surface area contributed by atoms with E-state index >= 15 is 0 Å². The Bertz CT molecular complexity index is 1330. The van der Waals surface area contributed by atoms with Gasteiger partial charge in [-0.25, -0.2) is 0 Å². The van der Waals surface area contributed by atoms with Crippen molar-refractivity contribution in [1.29, 1.82) is 0 Å². The van der Waals surface area contributed by atoms with Gasteiger partial charge >= 0.3 is 18.3 Å². The summed E-state index contributed by atoms with van der Waals surface area (Å²) in [5.74, 6) is -7.57. The highest BCUT2D eigenvalue weighted by Gasteiger charge is 2.41. The van der Waals surface area contributed by atoms with Crippen molar-refractivity contribution >= 4 is 46.4 Å². The molecule has 1 aliphatic carbocycles. The zero-order valence-corrected chi connectivity index (χ0v) is 22.8. The normalized spacial score (nSPS) is 18.9. The molecule has 1 saturated carbocycles. The number of carbonyl (C=O) groups excluding carboxylic acids is 2. The van der Waals surface area contributed by atoms with E-state index in [-0.39, 0.29) is 17.3 Å². The second-order valence-electron chi connectivity index (χ2n) is 10.5. The number of fused-ring (bicyclic) bond motifs is 1. The molecule has 1 aliphatic heterocycles. The van der Waals surface area contributed by atoms with Crippen molar-refractivity contribution in [3.05, 3.63) is 53.1 Å². The topological polar surface area (TPSA) is 98.7 Å². The summed E-state index contributed by atoms with van der Waals surface area (Å²) in [6, 6.07) is 10.9. The van der Waals surface area contributed by atoms with Crippen molar-refractivity contribution in [2.75, 3.05) is 16.8 Å². The van der Waals surface area contributed by atoms with Gasteiger partial charge in [-0.3, -0.25) is 14.4 Å². The predicted octanol–water partition coefficient (Wildman–Crippen LogP) is 6.79. The number of carbonyl (C=O) groups is 3. The number of anilines is 3. The molecule has 7 nitrogen and oxygen atoms in total. The van der Waals surface area contributed by atoms with Crippen molar-refractivity contribution in [3.8, 4) is 0 Å². The molecule has 14 heteroatoms. The summed E-state index contributed by atoms with van der Waals surface area (Å²) in [6.07, 6.45) is -12.9. The Balaban J connectivity index is 1.65. The Morgan fingerprint density at radius 1 is 1.00 bits per heavy atom. The van der Waals surface area contributed by atoms with Gasteiger partial charge in [0, 0.05) is 18.5 Å². The second kappa shape index (κ2) is 12.4. The number of nitrogens with one attached hydrogen (secondary N) is 2. The van der Waals surface area contributed by atoms with E-state index in [1.165, 1.54) is 6.07 Å². The van der Waals surface area contributed by atoms with E-state index < -0.39 is 73.7 Å². The van der Waals surface area contributed by atoms with Gasteiger partial charge < -0.3 is 20.6 Å². The fraction of sp³-hybridized carbons (Fsp3) is 0.464. The number of carboxylic acid groups (broad SMARTS) is 1. The molecule has 3 unspecified atom stereocenters. The standard InChI is InChI=1S/C28H28ClF6N3O4/c29-20-5-2-6-22-23(20)37-25(40)21(14-38(22)17-4-1-3-16(13-17)15-7-8-15)36-24(39)18(9-11-27(30,31)32)19(26(41)42)10-12-28(33,34)35/h1-6,13,15,18-19,21H,7-12,14H2,(H,36,39)(H,37,40)(H,41,42). The van der Waals surface area contributed by atoms with Gasteiger partial charge in [0.05, 0.1) is 34.8 Å². The lowest BCUT2D eigenvalue weighted by atomic mass is 9.84. The average molecular weight is 620 g/mol. The average Bonchev–Trinajstić information content (AvgIpc) is 3.74. The zero-order chi connectivity index (χ0) is 30.8. The van der Waals surface area contributed by atoms with Gasteiger partial charge in [0.15, 0.2) is 0 Å².